The maximum Gasteiger partial charge on any atom is 0.215 e. The Morgan fingerprint density at radius 1 is 1.53 bits per heavy atom. The molecule has 2 unspecified atom stereocenters. The standard InChI is InChI=1S/C11H25N3O2S/c1-3-11(7-12)17(15,16)13-8-10-5-4-6-14(2)9-10/h10-11,13H,3-9,12H2,1-2H3. The molecule has 2 atom stereocenters. The van der Waals surface area contributed by atoms with Gasteiger partial charge in [0.15, 0.2) is 0 Å². The molecule has 17 heavy (non-hydrogen) atoms. The average Bonchev–Trinajstić information content (AvgIpc) is 2.28. The van der Waals surface area contributed by atoms with Gasteiger partial charge in [0.05, 0.1) is 5.25 Å². The Balaban J connectivity index is 2.43. The SMILES string of the molecule is CCC(CN)S(=O)(=O)NCC1CCCN(C)C1. The fraction of sp³-hybridized carbons (Fsp3) is 1.00. The van der Waals surface area contributed by atoms with Crippen LogP contribution in [0.3, 0.4) is 0 Å². The van der Waals surface area contributed by atoms with Crippen LogP contribution in [0.1, 0.15) is 26.2 Å². The van der Waals surface area contributed by atoms with E-state index in [4.69, 9.17) is 5.73 Å². The summed E-state index contributed by atoms with van der Waals surface area (Å²) < 4.78 is 26.5. The summed E-state index contributed by atoms with van der Waals surface area (Å²) in [6.07, 6.45) is 2.82. The Bertz CT molecular complexity index is 315. The molecule has 0 radical (unpaired) electrons. The van der Waals surface area contributed by atoms with Crippen molar-refractivity contribution in [3.63, 3.8) is 0 Å². The molecule has 0 amide bonds. The van der Waals surface area contributed by atoms with Crippen LogP contribution in [-0.2, 0) is 10.0 Å². The van der Waals surface area contributed by atoms with E-state index in [-0.39, 0.29) is 6.54 Å². The zero-order valence-corrected chi connectivity index (χ0v) is 11.7. The van der Waals surface area contributed by atoms with Crippen molar-refractivity contribution in [2.24, 2.45) is 11.7 Å². The summed E-state index contributed by atoms with van der Waals surface area (Å²) in [5.74, 6) is 0.429. The van der Waals surface area contributed by atoms with Crippen LogP contribution in [0.4, 0.5) is 0 Å². The van der Waals surface area contributed by atoms with Crippen molar-refractivity contribution >= 4 is 10.0 Å². The molecule has 0 aromatic heterocycles. The number of nitrogens with two attached hydrogens (primary N) is 1. The third kappa shape index (κ3) is 4.54. The molecule has 0 aliphatic carbocycles. The van der Waals surface area contributed by atoms with Gasteiger partial charge in [0.25, 0.3) is 0 Å². The highest BCUT2D eigenvalue weighted by molar-refractivity contribution is 7.90. The second-order valence-electron chi connectivity index (χ2n) is 4.93. The normalized spacial score (nSPS) is 24.8. The first-order valence-electron chi connectivity index (χ1n) is 6.36. The summed E-state index contributed by atoms with van der Waals surface area (Å²) >= 11 is 0. The Morgan fingerprint density at radius 2 is 2.24 bits per heavy atom. The van der Waals surface area contributed by atoms with Crippen molar-refractivity contribution in [3.8, 4) is 0 Å². The lowest BCUT2D eigenvalue weighted by molar-refractivity contribution is 0.211. The van der Waals surface area contributed by atoms with Crippen LogP contribution < -0.4 is 10.5 Å². The lowest BCUT2D eigenvalue weighted by Crippen LogP contribution is -2.43. The minimum atomic E-state index is -3.23. The van der Waals surface area contributed by atoms with Gasteiger partial charge in [-0.3, -0.25) is 0 Å². The van der Waals surface area contributed by atoms with Gasteiger partial charge in [0.1, 0.15) is 0 Å². The molecule has 5 nitrogen and oxygen atoms in total. The van der Waals surface area contributed by atoms with Crippen molar-refractivity contribution in [1.82, 2.24) is 9.62 Å². The maximum atomic E-state index is 11.9. The van der Waals surface area contributed by atoms with Gasteiger partial charge in [-0.1, -0.05) is 6.92 Å². The van der Waals surface area contributed by atoms with Gasteiger partial charge in [-0.25, -0.2) is 13.1 Å². The van der Waals surface area contributed by atoms with E-state index in [1.54, 1.807) is 0 Å². The van der Waals surface area contributed by atoms with Crippen molar-refractivity contribution < 1.29 is 8.42 Å². The number of hydrogen-bond donors (Lipinski definition) is 2. The molecule has 1 heterocycles. The predicted molar refractivity (Wildman–Crippen MR) is 70.3 cm³/mol. The number of hydrogen-bond acceptors (Lipinski definition) is 4. The van der Waals surface area contributed by atoms with E-state index in [0.29, 0.717) is 18.9 Å². The first-order chi connectivity index (χ1) is 7.99. The monoisotopic (exact) mass is 263 g/mol. The number of likely N-dealkylation sites (tertiary alicyclic amines) is 1. The fourth-order valence-corrected chi connectivity index (χ4v) is 3.70. The molecule has 0 aromatic carbocycles. The van der Waals surface area contributed by atoms with E-state index >= 15 is 0 Å². The molecular formula is C11H25N3O2S. The lowest BCUT2D eigenvalue weighted by Gasteiger charge is -2.30. The molecular weight excluding hydrogens is 238 g/mol. The molecule has 6 heteroatoms. The van der Waals surface area contributed by atoms with Gasteiger partial charge >= 0.3 is 0 Å². The minimum Gasteiger partial charge on any atom is -0.329 e. The molecule has 1 fully saturated rings. The molecule has 1 aliphatic heterocycles. The van der Waals surface area contributed by atoms with E-state index in [9.17, 15) is 8.42 Å². The fourth-order valence-electron chi connectivity index (χ4n) is 2.30. The van der Waals surface area contributed by atoms with Crippen LogP contribution in [0.25, 0.3) is 0 Å². The summed E-state index contributed by atoms with van der Waals surface area (Å²) in [7, 11) is -1.15. The lowest BCUT2D eigenvalue weighted by atomic mass is 9.99. The zero-order chi connectivity index (χ0) is 12.9. The second kappa shape index (κ2) is 6.68. The highest BCUT2D eigenvalue weighted by Crippen LogP contribution is 2.14. The molecule has 1 saturated heterocycles. The van der Waals surface area contributed by atoms with Crippen LogP contribution >= 0.6 is 0 Å². The van der Waals surface area contributed by atoms with Crippen molar-refractivity contribution in [1.29, 1.82) is 0 Å². The van der Waals surface area contributed by atoms with Crippen molar-refractivity contribution in [2.75, 3.05) is 33.2 Å². The smallest absolute Gasteiger partial charge is 0.215 e. The third-order valence-corrected chi connectivity index (χ3v) is 5.42. The van der Waals surface area contributed by atoms with Gasteiger partial charge in [-0.15, -0.1) is 0 Å². The van der Waals surface area contributed by atoms with E-state index in [2.05, 4.69) is 16.7 Å². The summed E-state index contributed by atoms with van der Waals surface area (Å²) in [5, 5.41) is -0.455. The third-order valence-electron chi connectivity index (χ3n) is 3.45. The average molecular weight is 263 g/mol. The first kappa shape index (κ1) is 14.9. The molecule has 0 saturated carbocycles. The quantitative estimate of drug-likeness (QED) is 0.706. The molecule has 1 aliphatic rings. The van der Waals surface area contributed by atoms with Gasteiger partial charge < -0.3 is 10.6 Å². The van der Waals surface area contributed by atoms with Crippen molar-refractivity contribution in [3.05, 3.63) is 0 Å². The van der Waals surface area contributed by atoms with Gasteiger partial charge in [-0.2, -0.15) is 0 Å². The van der Waals surface area contributed by atoms with E-state index in [1.165, 1.54) is 0 Å². The second-order valence-corrected chi connectivity index (χ2v) is 6.98. The Labute approximate surface area is 105 Å². The van der Waals surface area contributed by atoms with Crippen molar-refractivity contribution in [2.45, 2.75) is 31.4 Å². The molecule has 0 aromatic rings. The highest BCUT2D eigenvalue weighted by atomic mass is 32.2. The van der Waals surface area contributed by atoms with Crippen LogP contribution in [-0.4, -0.2) is 51.8 Å². The van der Waals surface area contributed by atoms with E-state index in [0.717, 1.165) is 25.9 Å². The van der Waals surface area contributed by atoms with Crippen LogP contribution in [0.2, 0.25) is 0 Å². The van der Waals surface area contributed by atoms with Crippen LogP contribution in [0, 0.1) is 5.92 Å². The Kier molecular flexibility index (Phi) is 5.85. The largest absolute Gasteiger partial charge is 0.329 e. The molecule has 1 rings (SSSR count). The topological polar surface area (TPSA) is 75.4 Å². The number of rotatable bonds is 6. The van der Waals surface area contributed by atoms with Crippen LogP contribution in [0.15, 0.2) is 0 Å². The summed E-state index contributed by atoms with van der Waals surface area (Å²) in [5.41, 5.74) is 5.47. The maximum absolute atomic E-state index is 11.9. The molecule has 3 N–H and O–H groups in total. The van der Waals surface area contributed by atoms with E-state index in [1.807, 2.05) is 6.92 Å². The van der Waals surface area contributed by atoms with Crippen LogP contribution in [0.5, 0.6) is 0 Å². The predicted octanol–water partition coefficient (Wildman–Crippen LogP) is -0.0151. The Hall–Kier alpha value is -0.170. The minimum absolute atomic E-state index is 0.191. The Morgan fingerprint density at radius 3 is 2.76 bits per heavy atom. The van der Waals surface area contributed by atoms with E-state index < -0.39 is 15.3 Å². The first-order valence-corrected chi connectivity index (χ1v) is 7.91. The number of piperidine rings is 1. The van der Waals surface area contributed by atoms with Gasteiger partial charge in [0.2, 0.25) is 10.0 Å². The summed E-state index contributed by atoms with van der Waals surface area (Å²) in [6.45, 7) is 4.68. The number of nitrogens with zero attached hydrogens (tertiary/aromatic N) is 1. The van der Waals surface area contributed by atoms with Gasteiger partial charge in [0, 0.05) is 19.6 Å². The zero-order valence-electron chi connectivity index (χ0n) is 10.9. The summed E-state index contributed by atoms with van der Waals surface area (Å²) in [4.78, 5) is 2.25. The molecule has 0 spiro atoms. The number of nitrogens with one attached hydrogen (secondary N) is 1. The number of sulfonamides is 1. The summed E-state index contributed by atoms with van der Waals surface area (Å²) in [6, 6.07) is 0. The van der Waals surface area contributed by atoms with Gasteiger partial charge in [-0.05, 0) is 38.8 Å². The molecule has 0 bridgehead atoms. The molecule has 102 valence electrons. The highest BCUT2D eigenvalue weighted by Gasteiger charge is 2.24.